The van der Waals surface area contributed by atoms with Gasteiger partial charge < -0.3 is 5.73 Å². The van der Waals surface area contributed by atoms with Gasteiger partial charge in [-0.1, -0.05) is 17.7 Å². The van der Waals surface area contributed by atoms with Crippen molar-refractivity contribution in [1.29, 1.82) is 0 Å². The molecule has 0 fully saturated rings. The average Bonchev–Trinajstić information content (AvgIpc) is 2.69. The number of hydrogen-bond acceptors (Lipinski definition) is 3. The van der Waals surface area contributed by atoms with Crippen LogP contribution in [0.1, 0.15) is 5.56 Å². The minimum Gasteiger partial charge on any atom is -0.369 e. The number of pyridine rings is 1. The van der Waals surface area contributed by atoms with E-state index in [2.05, 4.69) is 9.97 Å². The predicted molar refractivity (Wildman–Crippen MR) is 73.0 cm³/mol. The second-order valence-corrected chi connectivity index (χ2v) is 4.51. The number of anilines is 1. The maximum Gasteiger partial charge on any atom is 0.205 e. The van der Waals surface area contributed by atoms with Crippen LogP contribution in [0.4, 0.5) is 5.95 Å². The van der Waals surface area contributed by atoms with Crippen molar-refractivity contribution in [2.45, 2.75) is 6.92 Å². The Labute approximate surface area is 109 Å². The van der Waals surface area contributed by atoms with Crippen LogP contribution in [-0.4, -0.2) is 14.5 Å². The molecule has 2 aromatic heterocycles. The van der Waals surface area contributed by atoms with Crippen molar-refractivity contribution in [3.63, 3.8) is 0 Å². The van der Waals surface area contributed by atoms with Crippen LogP contribution in [0, 0.1) is 6.92 Å². The summed E-state index contributed by atoms with van der Waals surface area (Å²) in [4.78, 5) is 8.31. The van der Waals surface area contributed by atoms with Crippen LogP contribution in [0.25, 0.3) is 16.7 Å². The van der Waals surface area contributed by atoms with E-state index in [-0.39, 0.29) is 0 Å². The SMILES string of the molecule is Cc1ccc(-n2c(N)nc3cnccc32)cc1Cl. The summed E-state index contributed by atoms with van der Waals surface area (Å²) in [6.07, 6.45) is 3.41. The van der Waals surface area contributed by atoms with E-state index in [0.29, 0.717) is 11.0 Å². The summed E-state index contributed by atoms with van der Waals surface area (Å²) in [6, 6.07) is 7.70. The normalized spacial score (nSPS) is 11.0. The fourth-order valence-electron chi connectivity index (χ4n) is 1.94. The number of imidazole rings is 1. The quantitative estimate of drug-likeness (QED) is 0.730. The standard InChI is InChI=1S/C13H11ClN4/c1-8-2-3-9(6-10(8)14)18-12-4-5-16-7-11(12)17-13(18)15/h2-7H,1H3,(H2,15,17). The molecular weight excluding hydrogens is 248 g/mol. The van der Waals surface area contributed by atoms with Crippen molar-refractivity contribution < 1.29 is 0 Å². The zero-order valence-electron chi connectivity index (χ0n) is 9.76. The molecule has 3 aromatic rings. The number of benzene rings is 1. The summed E-state index contributed by atoms with van der Waals surface area (Å²) in [5, 5.41) is 0.711. The Bertz CT molecular complexity index is 733. The van der Waals surface area contributed by atoms with Gasteiger partial charge in [0.2, 0.25) is 5.95 Å². The Morgan fingerprint density at radius 2 is 2.11 bits per heavy atom. The molecule has 0 saturated carbocycles. The van der Waals surface area contributed by atoms with Gasteiger partial charge in [-0.2, -0.15) is 0 Å². The second kappa shape index (κ2) is 3.99. The number of halogens is 1. The van der Waals surface area contributed by atoms with Crippen molar-refractivity contribution in [2.75, 3.05) is 5.73 Å². The number of fused-ring (bicyclic) bond motifs is 1. The molecule has 0 unspecified atom stereocenters. The Kier molecular flexibility index (Phi) is 2.45. The smallest absolute Gasteiger partial charge is 0.205 e. The zero-order chi connectivity index (χ0) is 12.7. The average molecular weight is 259 g/mol. The fourth-order valence-corrected chi connectivity index (χ4v) is 2.12. The van der Waals surface area contributed by atoms with Gasteiger partial charge in [-0.15, -0.1) is 0 Å². The van der Waals surface area contributed by atoms with Gasteiger partial charge in [-0.3, -0.25) is 9.55 Å². The minimum atomic E-state index is 0.429. The molecule has 18 heavy (non-hydrogen) atoms. The zero-order valence-corrected chi connectivity index (χ0v) is 10.5. The van der Waals surface area contributed by atoms with Gasteiger partial charge >= 0.3 is 0 Å². The lowest BCUT2D eigenvalue weighted by Crippen LogP contribution is -2.00. The molecule has 2 heterocycles. The van der Waals surface area contributed by atoms with E-state index in [4.69, 9.17) is 17.3 Å². The van der Waals surface area contributed by atoms with Gasteiger partial charge in [0.05, 0.1) is 17.4 Å². The highest BCUT2D eigenvalue weighted by Gasteiger charge is 2.10. The van der Waals surface area contributed by atoms with E-state index in [1.165, 1.54) is 0 Å². The Morgan fingerprint density at radius 1 is 1.28 bits per heavy atom. The number of nitrogens with two attached hydrogens (primary N) is 1. The van der Waals surface area contributed by atoms with Crippen LogP contribution in [-0.2, 0) is 0 Å². The third-order valence-corrected chi connectivity index (χ3v) is 3.30. The highest BCUT2D eigenvalue weighted by atomic mass is 35.5. The Morgan fingerprint density at radius 3 is 2.89 bits per heavy atom. The first-order valence-electron chi connectivity index (χ1n) is 5.51. The number of rotatable bonds is 1. The summed E-state index contributed by atoms with van der Waals surface area (Å²) >= 11 is 6.15. The van der Waals surface area contributed by atoms with Gasteiger partial charge in [0.1, 0.15) is 5.52 Å². The molecule has 0 saturated heterocycles. The summed E-state index contributed by atoms with van der Waals surface area (Å²) in [5.74, 6) is 0.429. The lowest BCUT2D eigenvalue weighted by atomic mass is 10.2. The number of nitrogen functional groups attached to an aromatic ring is 1. The molecule has 0 bridgehead atoms. The number of aryl methyl sites for hydroxylation is 1. The third-order valence-electron chi connectivity index (χ3n) is 2.90. The largest absolute Gasteiger partial charge is 0.369 e. The first kappa shape index (κ1) is 11.0. The molecule has 2 N–H and O–H groups in total. The molecule has 0 amide bonds. The van der Waals surface area contributed by atoms with Crippen LogP contribution < -0.4 is 5.73 Å². The van der Waals surface area contributed by atoms with Gasteiger partial charge in [-0.25, -0.2) is 4.98 Å². The van der Waals surface area contributed by atoms with E-state index in [1.807, 2.05) is 35.8 Å². The Balaban J connectivity index is 2.30. The van der Waals surface area contributed by atoms with E-state index in [0.717, 1.165) is 22.3 Å². The molecule has 0 aliphatic rings. The van der Waals surface area contributed by atoms with E-state index >= 15 is 0 Å². The predicted octanol–water partition coefficient (Wildman–Crippen LogP) is 2.96. The first-order chi connectivity index (χ1) is 8.66. The first-order valence-corrected chi connectivity index (χ1v) is 5.89. The summed E-state index contributed by atoms with van der Waals surface area (Å²) < 4.78 is 1.86. The van der Waals surface area contributed by atoms with Crippen molar-refractivity contribution in [3.05, 3.63) is 47.2 Å². The number of aromatic nitrogens is 3. The van der Waals surface area contributed by atoms with Crippen molar-refractivity contribution in [3.8, 4) is 5.69 Å². The topological polar surface area (TPSA) is 56.7 Å². The maximum atomic E-state index is 6.15. The molecule has 0 aliphatic carbocycles. The maximum absolute atomic E-state index is 6.15. The van der Waals surface area contributed by atoms with E-state index in [1.54, 1.807) is 12.4 Å². The summed E-state index contributed by atoms with van der Waals surface area (Å²) in [5.41, 5.74) is 9.58. The molecule has 3 rings (SSSR count). The van der Waals surface area contributed by atoms with E-state index < -0.39 is 0 Å². The van der Waals surface area contributed by atoms with Gasteiger partial charge in [-0.05, 0) is 30.7 Å². The minimum absolute atomic E-state index is 0.429. The highest BCUT2D eigenvalue weighted by molar-refractivity contribution is 6.31. The van der Waals surface area contributed by atoms with Crippen LogP contribution in [0.5, 0.6) is 0 Å². The number of hydrogen-bond donors (Lipinski definition) is 1. The van der Waals surface area contributed by atoms with Crippen LogP contribution in [0.3, 0.4) is 0 Å². The van der Waals surface area contributed by atoms with E-state index in [9.17, 15) is 0 Å². The van der Waals surface area contributed by atoms with Crippen molar-refractivity contribution in [1.82, 2.24) is 14.5 Å². The molecule has 1 aromatic carbocycles. The van der Waals surface area contributed by atoms with Gasteiger partial charge in [0, 0.05) is 11.2 Å². The molecular formula is C13H11ClN4. The molecule has 0 radical (unpaired) electrons. The van der Waals surface area contributed by atoms with Crippen LogP contribution >= 0.6 is 11.6 Å². The summed E-state index contributed by atoms with van der Waals surface area (Å²) in [7, 11) is 0. The summed E-state index contributed by atoms with van der Waals surface area (Å²) in [6.45, 7) is 1.96. The second-order valence-electron chi connectivity index (χ2n) is 4.10. The monoisotopic (exact) mass is 258 g/mol. The Hall–Kier alpha value is -2.07. The van der Waals surface area contributed by atoms with Gasteiger partial charge in [0.25, 0.3) is 0 Å². The molecule has 0 atom stereocenters. The lowest BCUT2D eigenvalue weighted by Gasteiger charge is -2.08. The molecule has 4 nitrogen and oxygen atoms in total. The number of nitrogens with zero attached hydrogens (tertiary/aromatic N) is 3. The fraction of sp³-hybridized carbons (Fsp3) is 0.0769. The van der Waals surface area contributed by atoms with Crippen molar-refractivity contribution >= 4 is 28.6 Å². The van der Waals surface area contributed by atoms with Crippen molar-refractivity contribution in [2.24, 2.45) is 0 Å². The molecule has 0 spiro atoms. The highest BCUT2D eigenvalue weighted by Crippen LogP contribution is 2.25. The lowest BCUT2D eigenvalue weighted by molar-refractivity contribution is 1.11. The molecule has 0 aliphatic heterocycles. The molecule has 90 valence electrons. The third kappa shape index (κ3) is 1.62. The van der Waals surface area contributed by atoms with Crippen LogP contribution in [0.15, 0.2) is 36.7 Å². The van der Waals surface area contributed by atoms with Crippen LogP contribution in [0.2, 0.25) is 5.02 Å². The molecule has 5 heteroatoms. The van der Waals surface area contributed by atoms with Gasteiger partial charge in [0.15, 0.2) is 0 Å².